The standard InChI is InChI=1S/CH2O3.Al.Na.H4O4Si.H2O.4H/c2-1(3)4;;;1-5(2,3)4;;;;;/h(H2,2,3,4);;;1-4H;1H2;;;;/q;;+1;;;;;;-1. The SMILES string of the molecule is O.O=C(O)O.O[Si](O)(O)O.[AlH3].[H-].[Na+]. The van der Waals surface area contributed by atoms with Crippen molar-refractivity contribution >= 4 is 32.6 Å². The first-order valence-corrected chi connectivity index (χ1v) is 3.33. The van der Waals surface area contributed by atoms with Gasteiger partial charge in [-0.15, -0.1) is 0 Å². The van der Waals surface area contributed by atoms with E-state index in [4.69, 9.17) is 34.2 Å². The summed E-state index contributed by atoms with van der Waals surface area (Å²) in [6.07, 6.45) is -1.83. The third kappa shape index (κ3) is 1550. The van der Waals surface area contributed by atoms with E-state index in [1.165, 1.54) is 0 Å². The Balaban J connectivity index is -0.0000000146. The minimum Gasteiger partial charge on any atom is -1.00 e. The van der Waals surface area contributed by atoms with Crippen LogP contribution in [0.25, 0.3) is 0 Å². The van der Waals surface area contributed by atoms with Gasteiger partial charge in [0, 0.05) is 0 Å². The second-order valence-electron chi connectivity index (χ2n) is 0.883. The molecule has 11 heteroatoms. The van der Waals surface area contributed by atoms with Gasteiger partial charge >= 0.3 is 44.8 Å². The maximum absolute atomic E-state index is 8.56. The normalized spacial score (nSPS) is 7.00. The van der Waals surface area contributed by atoms with Crippen molar-refractivity contribution in [3.8, 4) is 0 Å². The molecule has 72 valence electrons. The van der Waals surface area contributed by atoms with Gasteiger partial charge in [-0.1, -0.05) is 0 Å². The predicted molar refractivity (Wildman–Crippen MR) is 39.9 cm³/mol. The van der Waals surface area contributed by atoms with Crippen LogP contribution < -0.4 is 29.6 Å². The number of carboxylic acid groups (broad SMARTS) is 2. The first-order valence-electron chi connectivity index (χ1n) is 1.55. The third-order valence-electron chi connectivity index (χ3n) is 0. The summed E-state index contributed by atoms with van der Waals surface area (Å²) in [5.41, 5.74) is 0. The average Bonchev–Trinajstić information content (AvgIpc) is 1.19. The van der Waals surface area contributed by atoms with E-state index in [9.17, 15) is 0 Å². The smallest absolute Gasteiger partial charge is 1.00 e. The Morgan fingerprint density at radius 2 is 1.08 bits per heavy atom. The summed E-state index contributed by atoms with van der Waals surface area (Å²) in [7, 11) is -4.61. The molecule has 0 radical (unpaired) electrons. The minimum absolute atomic E-state index is 0. The maximum atomic E-state index is 8.56. The Morgan fingerprint density at radius 3 is 1.08 bits per heavy atom. The van der Waals surface area contributed by atoms with E-state index in [-0.39, 0.29) is 53.8 Å². The van der Waals surface area contributed by atoms with Gasteiger partial charge < -0.3 is 36.3 Å². The van der Waals surface area contributed by atoms with Crippen LogP contribution in [0.2, 0.25) is 0 Å². The van der Waals surface area contributed by atoms with Gasteiger partial charge in [0.1, 0.15) is 0 Å². The molecular weight excluding hydrogens is 218 g/mol. The summed E-state index contributed by atoms with van der Waals surface area (Å²) in [6.45, 7) is 0. The van der Waals surface area contributed by atoms with Crippen LogP contribution in [-0.4, -0.2) is 67.4 Å². The Morgan fingerprint density at radius 1 is 1.08 bits per heavy atom. The molecule has 0 saturated carbocycles. The molecular formula is CH12AlNaO8Si. The molecule has 0 amide bonds. The van der Waals surface area contributed by atoms with E-state index in [1.807, 2.05) is 0 Å². The molecule has 0 aromatic heterocycles. The van der Waals surface area contributed by atoms with Crippen molar-refractivity contribution < 1.29 is 70.7 Å². The Kier molecular flexibility index (Phi) is 35.0. The van der Waals surface area contributed by atoms with Crippen molar-refractivity contribution in [1.29, 1.82) is 0 Å². The molecule has 0 bridgehead atoms. The van der Waals surface area contributed by atoms with Gasteiger partial charge in [-0.25, -0.2) is 4.79 Å². The van der Waals surface area contributed by atoms with Gasteiger partial charge in [0.05, 0.1) is 0 Å². The fourth-order valence-corrected chi connectivity index (χ4v) is 0. The Labute approximate surface area is 103 Å². The maximum Gasteiger partial charge on any atom is 1.00 e. The fraction of sp³-hybridized carbons (Fsp3) is 0. The molecule has 0 aliphatic carbocycles. The Bertz CT molecular complexity index is 86.6. The summed E-state index contributed by atoms with van der Waals surface area (Å²) >= 11 is 0. The summed E-state index contributed by atoms with van der Waals surface area (Å²) in [4.78, 5) is 37.9. The number of hydrogen-bond donors (Lipinski definition) is 6. The molecule has 0 fully saturated rings. The van der Waals surface area contributed by atoms with Crippen LogP contribution in [-0.2, 0) is 0 Å². The van der Waals surface area contributed by atoms with E-state index in [2.05, 4.69) is 0 Å². The molecule has 0 atom stereocenters. The second-order valence-corrected chi connectivity index (χ2v) is 2.08. The van der Waals surface area contributed by atoms with Crippen molar-refractivity contribution in [3.63, 3.8) is 0 Å². The third-order valence-corrected chi connectivity index (χ3v) is 0. The van der Waals surface area contributed by atoms with Gasteiger partial charge in [-0.2, -0.15) is 0 Å². The van der Waals surface area contributed by atoms with Crippen molar-refractivity contribution in [2.75, 3.05) is 0 Å². The number of hydrogen-bond acceptors (Lipinski definition) is 5. The second kappa shape index (κ2) is 14.3. The quantitative estimate of drug-likeness (QED) is 0.224. The molecule has 8 nitrogen and oxygen atoms in total. The van der Waals surface area contributed by atoms with Crippen LogP contribution in [0.4, 0.5) is 4.79 Å². The van der Waals surface area contributed by atoms with Gasteiger partial charge in [-0.3, -0.25) is 0 Å². The summed E-state index contributed by atoms with van der Waals surface area (Å²) in [5.74, 6) is 0. The van der Waals surface area contributed by atoms with Crippen LogP contribution in [0.15, 0.2) is 0 Å². The largest absolute Gasteiger partial charge is 1.00 e. The summed E-state index contributed by atoms with van der Waals surface area (Å²) in [6, 6.07) is 0. The zero-order valence-electron chi connectivity index (χ0n) is 6.59. The molecule has 0 rings (SSSR count). The molecule has 8 N–H and O–H groups in total. The van der Waals surface area contributed by atoms with Gasteiger partial charge in [0.25, 0.3) is 0 Å². The fourth-order valence-electron chi connectivity index (χ4n) is 0. The van der Waals surface area contributed by atoms with Gasteiger partial charge in [0.2, 0.25) is 0 Å². The van der Waals surface area contributed by atoms with Gasteiger partial charge in [0.15, 0.2) is 17.4 Å². The number of carbonyl (C=O) groups is 1. The summed E-state index contributed by atoms with van der Waals surface area (Å²) in [5, 5.41) is 13.9. The van der Waals surface area contributed by atoms with E-state index in [1.54, 1.807) is 0 Å². The van der Waals surface area contributed by atoms with Crippen molar-refractivity contribution in [1.82, 2.24) is 0 Å². The van der Waals surface area contributed by atoms with Crippen molar-refractivity contribution in [3.05, 3.63) is 0 Å². The topological polar surface area (TPSA) is 170 Å². The van der Waals surface area contributed by atoms with E-state index in [0.717, 1.165) is 0 Å². The molecule has 0 aromatic carbocycles. The van der Waals surface area contributed by atoms with Crippen LogP contribution in [0, 0.1) is 0 Å². The predicted octanol–water partition coefficient (Wildman–Crippen LogP) is -7.28. The molecule has 0 unspecified atom stereocenters. The first kappa shape index (κ1) is 29.3. The molecule has 0 aliphatic heterocycles. The monoisotopic (exact) mass is 230 g/mol. The van der Waals surface area contributed by atoms with Crippen molar-refractivity contribution in [2.45, 2.75) is 0 Å². The molecule has 12 heavy (non-hydrogen) atoms. The number of rotatable bonds is 0. The molecule has 0 aliphatic rings. The van der Waals surface area contributed by atoms with E-state index >= 15 is 0 Å². The zero-order valence-corrected chi connectivity index (χ0v) is 8.59. The molecule has 0 spiro atoms. The van der Waals surface area contributed by atoms with Crippen molar-refractivity contribution in [2.24, 2.45) is 0 Å². The first-order chi connectivity index (χ1) is 3.73. The van der Waals surface area contributed by atoms with Crippen LogP contribution >= 0.6 is 0 Å². The molecule has 0 saturated heterocycles. The summed E-state index contributed by atoms with van der Waals surface area (Å²) < 4.78 is 0. The van der Waals surface area contributed by atoms with Gasteiger partial charge in [-0.05, 0) is 0 Å². The molecule has 0 heterocycles. The van der Waals surface area contributed by atoms with E-state index in [0.29, 0.717) is 0 Å². The van der Waals surface area contributed by atoms with Crippen LogP contribution in [0.3, 0.4) is 0 Å². The van der Waals surface area contributed by atoms with E-state index < -0.39 is 15.2 Å². The van der Waals surface area contributed by atoms with Crippen LogP contribution in [0.1, 0.15) is 1.43 Å². The molecule has 0 aromatic rings. The average molecular weight is 230 g/mol. The minimum atomic E-state index is -4.61. The Hall–Kier alpha value is 0.819. The van der Waals surface area contributed by atoms with Crippen LogP contribution in [0.5, 0.6) is 0 Å². The zero-order chi connectivity index (χ0) is 8.08.